The van der Waals surface area contributed by atoms with E-state index in [2.05, 4.69) is 32.4 Å². The van der Waals surface area contributed by atoms with Crippen LogP contribution in [-0.4, -0.2) is 36.5 Å². The lowest BCUT2D eigenvalue weighted by Gasteiger charge is -2.35. The van der Waals surface area contributed by atoms with Crippen LogP contribution in [0.25, 0.3) is 0 Å². The van der Waals surface area contributed by atoms with Crippen LogP contribution in [-0.2, 0) is 9.05 Å². The van der Waals surface area contributed by atoms with Gasteiger partial charge in [-0.15, -0.1) is 0 Å². The van der Waals surface area contributed by atoms with Crippen molar-refractivity contribution in [1.29, 1.82) is 0 Å². The van der Waals surface area contributed by atoms with Crippen LogP contribution in [0.2, 0.25) is 0 Å². The predicted octanol–water partition coefficient (Wildman–Crippen LogP) is 2.73. The monoisotopic (exact) mass is 250 g/mol. The third kappa shape index (κ3) is 6.12. The largest absolute Gasteiger partial charge is 0.330 e. The first-order valence-corrected chi connectivity index (χ1v) is 7.21. The summed E-state index contributed by atoms with van der Waals surface area (Å²) in [5.41, 5.74) is 5.46. The first kappa shape index (κ1) is 16.3. The molecule has 0 saturated heterocycles. The van der Waals surface area contributed by atoms with Crippen molar-refractivity contribution in [2.45, 2.75) is 53.1 Å². The molecule has 0 aromatic heterocycles. The Kier molecular flexibility index (Phi) is 9.47. The minimum Gasteiger partial charge on any atom is -0.330 e. The summed E-state index contributed by atoms with van der Waals surface area (Å²) in [6.45, 7) is 12.7. The van der Waals surface area contributed by atoms with Crippen LogP contribution in [0.15, 0.2) is 0 Å². The van der Waals surface area contributed by atoms with E-state index in [-0.39, 0.29) is 0 Å². The fraction of sp³-hybridized carbons (Fsp3) is 1.00. The molecule has 1 unspecified atom stereocenters. The number of nitrogens with zero attached hydrogens (tertiary/aromatic N) is 1. The lowest BCUT2D eigenvalue weighted by molar-refractivity contribution is 0.179. The van der Waals surface area contributed by atoms with Crippen LogP contribution < -0.4 is 5.73 Å². The van der Waals surface area contributed by atoms with Crippen LogP contribution in [0, 0.1) is 0 Å². The van der Waals surface area contributed by atoms with E-state index in [9.17, 15) is 0 Å². The van der Waals surface area contributed by atoms with Crippen molar-refractivity contribution in [3.8, 4) is 0 Å². The van der Waals surface area contributed by atoms with Crippen molar-refractivity contribution in [3.05, 3.63) is 0 Å². The molecule has 0 saturated carbocycles. The predicted molar refractivity (Wildman–Crippen MR) is 70.3 cm³/mol. The van der Waals surface area contributed by atoms with E-state index in [1.165, 1.54) is 0 Å². The molecule has 4 nitrogen and oxygen atoms in total. The van der Waals surface area contributed by atoms with Gasteiger partial charge in [-0.25, -0.2) is 4.67 Å². The molecule has 0 aliphatic rings. The molecule has 0 bridgehead atoms. The quantitative estimate of drug-likeness (QED) is 0.505. The second kappa shape index (κ2) is 9.32. The minimum atomic E-state index is -0.937. The molecule has 0 radical (unpaired) electrons. The van der Waals surface area contributed by atoms with Gasteiger partial charge in [0.25, 0.3) is 8.53 Å². The van der Waals surface area contributed by atoms with E-state index in [1.807, 2.05) is 6.92 Å². The molecule has 16 heavy (non-hydrogen) atoms. The minimum absolute atomic E-state index is 0.426. The highest BCUT2D eigenvalue weighted by Crippen LogP contribution is 2.45. The fourth-order valence-electron chi connectivity index (χ4n) is 1.48. The van der Waals surface area contributed by atoms with Gasteiger partial charge in [0.1, 0.15) is 0 Å². The molecular formula is C11H27N2O2P. The highest BCUT2D eigenvalue weighted by Gasteiger charge is 2.26. The molecule has 0 aromatic carbocycles. The normalized spacial score (nSPS) is 14.1. The molecule has 98 valence electrons. The van der Waals surface area contributed by atoms with E-state index in [0.29, 0.717) is 31.8 Å². The van der Waals surface area contributed by atoms with Crippen molar-refractivity contribution < 1.29 is 9.05 Å². The molecule has 0 spiro atoms. The van der Waals surface area contributed by atoms with Crippen LogP contribution in [0.4, 0.5) is 0 Å². The van der Waals surface area contributed by atoms with E-state index in [1.54, 1.807) is 0 Å². The maximum absolute atomic E-state index is 5.80. The Hall–Kier alpha value is 0.270. The topological polar surface area (TPSA) is 47.7 Å². The summed E-state index contributed by atoms with van der Waals surface area (Å²) in [4.78, 5) is 0. The summed E-state index contributed by atoms with van der Waals surface area (Å²) in [5.74, 6) is 0. The number of rotatable bonds is 9. The van der Waals surface area contributed by atoms with Gasteiger partial charge in [0.2, 0.25) is 0 Å². The fourth-order valence-corrected chi connectivity index (χ4v) is 3.08. The lowest BCUT2D eigenvalue weighted by atomic mass is 10.3. The maximum atomic E-state index is 5.80. The summed E-state index contributed by atoms with van der Waals surface area (Å²) < 4.78 is 13.8. The molecule has 0 fully saturated rings. The smallest absolute Gasteiger partial charge is 0.259 e. The Bertz CT molecular complexity index is 160. The zero-order valence-electron chi connectivity index (χ0n) is 11.3. The third-order valence-electron chi connectivity index (χ3n) is 2.04. The first-order valence-electron chi connectivity index (χ1n) is 6.08. The van der Waals surface area contributed by atoms with Gasteiger partial charge >= 0.3 is 0 Å². The average Bonchev–Trinajstić information content (AvgIpc) is 2.17. The molecule has 0 rings (SSSR count). The molecule has 5 heteroatoms. The van der Waals surface area contributed by atoms with Gasteiger partial charge < -0.3 is 14.8 Å². The van der Waals surface area contributed by atoms with Crippen LogP contribution in [0.3, 0.4) is 0 Å². The number of hydrogen-bond donors (Lipinski definition) is 1. The van der Waals surface area contributed by atoms with E-state index < -0.39 is 8.53 Å². The van der Waals surface area contributed by atoms with E-state index in [0.717, 1.165) is 6.42 Å². The van der Waals surface area contributed by atoms with Gasteiger partial charge in [0, 0.05) is 12.1 Å². The summed E-state index contributed by atoms with van der Waals surface area (Å²) in [6.07, 6.45) is 0.885. The van der Waals surface area contributed by atoms with Crippen molar-refractivity contribution in [1.82, 2.24) is 4.67 Å². The number of hydrogen-bond acceptors (Lipinski definition) is 4. The van der Waals surface area contributed by atoms with Crippen molar-refractivity contribution in [2.24, 2.45) is 5.73 Å². The van der Waals surface area contributed by atoms with Gasteiger partial charge in [0.15, 0.2) is 0 Å². The van der Waals surface area contributed by atoms with Crippen molar-refractivity contribution in [2.75, 3.05) is 19.8 Å². The molecule has 0 aliphatic carbocycles. The van der Waals surface area contributed by atoms with Crippen molar-refractivity contribution in [3.63, 3.8) is 0 Å². The Balaban J connectivity index is 4.32. The summed E-state index contributed by atoms with van der Waals surface area (Å²) >= 11 is 0. The summed E-state index contributed by atoms with van der Waals surface area (Å²) in [6, 6.07) is 0.853. The SMILES string of the molecule is CCOP(OCCCN)N(C(C)C)C(C)C. The Morgan fingerprint density at radius 3 is 2.06 bits per heavy atom. The van der Waals surface area contributed by atoms with Gasteiger partial charge in [0.05, 0.1) is 13.2 Å². The van der Waals surface area contributed by atoms with E-state index in [4.69, 9.17) is 14.8 Å². The maximum Gasteiger partial charge on any atom is 0.259 e. The third-order valence-corrected chi connectivity index (χ3v) is 4.22. The molecule has 0 heterocycles. The van der Waals surface area contributed by atoms with Crippen LogP contribution >= 0.6 is 8.53 Å². The standard InChI is InChI=1S/C11H27N2O2P/c1-6-14-16(15-9-7-8-12)13(10(2)3)11(4)5/h10-11H,6-9,12H2,1-5H3. The highest BCUT2D eigenvalue weighted by molar-refractivity contribution is 7.44. The second-order valence-electron chi connectivity index (χ2n) is 4.20. The lowest BCUT2D eigenvalue weighted by Crippen LogP contribution is -2.33. The van der Waals surface area contributed by atoms with E-state index >= 15 is 0 Å². The molecule has 1 atom stereocenters. The van der Waals surface area contributed by atoms with Gasteiger partial charge in [-0.3, -0.25) is 0 Å². The van der Waals surface area contributed by atoms with Crippen LogP contribution in [0.5, 0.6) is 0 Å². The second-order valence-corrected chi connectivity index (χ2v) is 5.65. The Labute approximate surface area is 101 Å². The zero-order valence-corrected chi connectivity index (χ0v) is 12.2. The molecule has 0 aromatic rings. The highest BCUT2D eigenvalue weighted by atomic mass is 31.2. The number of nitrogens with two attached hydrogens (primary N) is 1. The van der Waals surface area contributed by atoms with Gasteiger partial charge in [-0.1, -0.05) is 0 Å². The van der Waals surface area contributed by atoms with Crippen LogP contribution in [0.1, 0.15) is 41.0 Å². The first-order chi connectivity index (χ1) is 7.54. The van der Waals surface area contributed by atoms with Gasteiger partial charge in [-0.2, -0.15) is 0 Å². The zero-order chi connectivity index (χ0) is 12.6. The molecule has 2 N–H and O–H groups in total. The Morgan fingerprint density at radius 2 is 1.69 bits per heavy atom. The molecular weight excluding hydrogens is 223 g/mol. The average molecular weight is 250 g/mol. The molecule has 0 amide bonds. The Morgan fingerprint density at radius 1 is 1.12 bits per heavy atom. The molecule has 0 aliphatic heterocycles. The summed E-state index contributed by atoms with van der Waals surface area (Å²) in [7, 11) is -0.937. The van der Waals surface area contributed by atoms with Gasteiger partial charge in [-0.05, 0) is 47.6 Å². The van der Waals surface area contributed by atoms with Crippen molar-refractivity contribution >= 4 is 8.53 Å². The summed E-state index contributed by atoms with van der Waals surface area (Å²) in [5, 5.41) is 0.